The molecule has 2 aromatic carbocycles. The van der Waals surface area contributed by atoms with E-state index in [1.54, 1.807) is 6.07 Å². The summed E-state index contributed by atoms with van der Waals surface area (Å²) >= 11 is 0. The number of rotatable bonds is 1. The first-order valence-corrected chi connectivity index (χ1v) is 13.4. The Morgan fingerprint density at radius 2 is 1.19 bits per heavy atom. The van der Waals surface area contributed by atoms with Crippen LogP contribution in [0.2, 0.25) is 0 Å². The Kier molecular flexibility index (Phi) is 13.8. The molecule has 2 aromatic rings. The second kappa shape index (κ2) is 13.2. The van der Waals surface area contributed by atoms with Gasteiger partial charge in [-0.3, -0.25) is 4.55 Å². The molecule has 32 heavy (non-hydrogen) atoms. The second-order valence-corrected chi connectivity index (χ2v) is 16.6. The third-order valence-electron chi connectivity index (χ3n) is 3.94. The molecule has 4 nitrogen and oxygen atoms in total. The fourth-order valence-corrected chi connectivity index (χ4v) is 10.3. The van der Waals surface area contributed by atoms with Crippen LogP contribution in [0.5, 0.6) is 0 Å². The van der Waals surface area contributed by atoms with Gasteiger partial charge in [-0.2, -0.15) is 14.1 Å². The quantitative estimate of drug-likeness (QED) is 0.162. The smallest absolute Gasteiger partial charge is 0.706 e. The van der Waals surface area contributed by atoms with Crippen molar-refractivity contribution in [3.63, 3.8) is 0 Å². The summed E-state index contributed by atoms with van der Waals surface area (Å²) in [7, 11) is -3.65. The Hall–Kier alpha value is -0.758. The third-order valence-corrected chi connectivity index (χ3v) is 7.96. The predicted molar refractivity (Wildman–Crippen MR) is 138 cm³/mol. The zero-order valence-corrected chi connectivity index (χ0v) is 24.3. The first-order valence-electron chi connectivity index (χ1n) is 10.2. The fraction of sp³-hybridized carbons (Fsp3) is 0.520. The molecule has 0 atom stereocenters. The topological polar surface area (TPSA) is 78.2 Å². The van der Waals surface area contributed by atoms with Crippen LogP contribution in [0.3, 0.4) is 0 Å². The average molecular weight is 572 g/mol. The van der Waals surface area contributed by atoms with Gasteiger partial charge in [0.15, 0.2) is 0 Å². The molecule has 184 valence electrons. The van der Waals surface area contributed by atoms with Gasteiger partial charge >= 0.3 is 20.4 Å². The van der Waals surface area contributed by atoms with Crippen molar-refractivity contribution in [1.82, 2.24) is 0 Å². The van der Waals surface area contributed by atoms with Crippen molar-refractivity contribution in [1.29, 1.82) is 0 Å². The summed E-state index contributed by atoms with van der Waals surface area (Å²) in [6, 6.07) is 18.4. The van der Waals surface area contributed by atoms with Crippen LogP contribution in [-0.4, -0.2) is 34.7 Å². The van der Waals surface area contributed by atoms with Gasteiger partial charge in [-0.15, -0.1) is 41.5 Å². The van der Waals surface area contributed by atoms with E-state index in [-0.39, 0.29) is 28.3 Å². The summed E-state index contributed by atoms with van der Waals surface area (Å²) in [5, 5.41) is 1.35. The van der Waals surface area contributed by atoms with E-state index in [1.807, 2.05) is 42.5 Å². The van der Waals surface area contributed by atoms with Gasteiger partial charge in [0.2, 0.25) is 0 Å². The van der Waals surface area contributed by atoms with E-state index < -0.39 is 10.1 Å². The van der Waals surface area contributed by atoms with Gasteiger partial charge in [0.1, 0.15) is 0 Å². The maximum absolute atomic E-state index is 9.19. The van der Waals surface area contributed by atoms with Gasteiger partial charge in [0, 0.05) is 0 Å². The van der Waals surface area contributed by atoms with Gasteiger partial charge < -0.3 is 5.73 Å². The summed E-state index contributed by atoms with van der Waals surface area (Å²) in [4.78, 5) is 0. The van der Waals surface area contributed by atoms with Crippen molar-refractivity contribution in [3.8, 4) is 11.1 Å². The van der Waals surface area contributed by atoms with Crippen molar-refractivity contribution in [2.24, 2.45) is 0 Å². The van der Waals surface area contributed by atoms with E-state index >= 15 is 0 Å². The number of hydrogen-bond acceptors (Lipinski definition) is 2. The van der Waals surface area contributed by atoms with E-state index in [4.69, 9.17) is 10.3 Å². The van der Waals surface area contributed by atoms with Crippen LogP contribution < -0.4 is 0 Å². The molecule has 2 N–H and O–H groups in total. The zero-order valence-electron chi connectivity index (χ0n) is 21.1. The van der Waals surface area contributed by atoms with Crippen LogP contribution in [0, 0.1) is 6.07 Å². The van der Waals surface area contributed by atoms with E-state index in [9.17, 15) is 8.42 Å². The molecule has 0 aliphatic rings. The van der Waals surface area contributed by atoms with Crippen molar-refractivity contribution < 1.29 is 33.4 Å². The summed E-state index contributed by atoms with van der Waals surface area (Å²) in [5.74, 6) is 0. The summed E-state index contributed by atoms with van der Waals surface area (Å²) in [6.45, 7) is 21.5. The molecule has 0 aliphatic carbocycles. The molecule has 7 heteroatoms. The fourth-order valence-electron chi connectivity index (χ4n) is 4.30. The van der Waals surface area contributed by atoms with Gasteiger partial charge in [-0.25, -0.2) is 0 Å². The number of hydrogen-bond donors (Lipinski definition) is 1. The Balaban J connectivity index is 0. The van der Waals surface area contributed by atoms with Crippen LogP contribution in [-0.2, 0) is 30.5 Å². The maximum atomic E-state index is 9.19. The van der Waals surface area contributed by atoms with Gasteiger partial charge in [0.25, 0.3) is 10.1 Å². The van der Waals surface area contributed by atoms with Crippen LogP contribution in [0.4, 0.5) is 5.69 Å². The Labute approximate surface area is 211 Å². The van der Waals surface area contributed by atoms with Crippen LogP contribution >= 0.6 is 7.92 Å². The minimum absolute atomic E-state index is 0. The molecule has 0 bridgehead atoms. The molecule has 0 saturated heterocycles. The molecule has 0 saturated carbocycles. The van der Waals surface area contributed by atoms with Gasteiger partial charge in [0.05, 0.1) is 6.26 Å². The van der Waals surface area contributed by atoms with Crippen molar-refractivity contribution in [3.05, 3.63) is 60.3 Å². The van der Waals surface area contributed by atoms with E-state index in [0.717, 1.165) is 11.1 Å². The van der Waals surface area contributed by atoms with Crippen LogP contribution in [0.15, 0.2) is 48.5 Å². The predicted octanol–water partition coefficient (Wildman–Crippen LogP) is 8.20. The normalized spacial score (nSPS) is 12.0. The van der Waals surface area contributed by atoms with Crippen molar-refractivity contribution >= 4 is 23.7 Å². The monoisotopic (exact) mass is 571 g/mol. The molecule has 0 radical (unpaired) electrons. The molecular weight excluding hydrogens is 532 g/mol. The van der Waals surface area contributed by atoms with Crippen molar-refractivity contribution in [2.45, 2.75) is 77.8 Å². The molecule has 0 aliphatic heterocycles. The molecule has 0 unspecified atom stereocenters. The van der Waals surface area contributed by atoms with Crippen LogP contribution in [0.25, 0.3) is 16.9 Å². The second-order valence-electron chi connectivity index (χ2n) is 10.4. The van der Waals surface area contributed by atoms with E-state index in [0.29, 0.717) is 27.4 Å². The minimum Gasteiger partial charge on any atom is -0.706 e. The van der Waals surface area contributed by atoms with Crippen molar-refractivity contribution in [2.75, 3.05) is 6.26 Å². The number of nitrogens with one attached hydrogen (secondary N) is 1. The molecule has 0 aromatic heterocycles. The molecule has 0 amide bonds. The SMILES string of the molecule is CC(C)(C)P(C(C)(C)C)C(C)(C)C.CS(=O)(=O)O.[NH-]c1ccccc1-c1[c-]cccc1.[Pd+2]. The molecule has 0 spiro atoms. The average Bonchev–Trinajstić information content (AvgIpc) is 2.50. The summed E-state index contributed by atoms with van der Waals surface area (Å²) in [6.07, 6.45) is 0.715. The van der Waals surface area contributed by atoms with Crippen LogP contribution in [0.1, 0.15) is 62.3 Å². The summed E-state index contributed by atoms with van der Waals surface area (Å²) in [5.41, 5.74) is 10.1. The van der Waals surface area contributed by atoms with E-state index in [1.165, 1.54) is 0 Å². The minimum atomic E-state index is -3.67. The molecule has 0 heterocycles. The Bertz CT molecular complexity index is 856. The molecular formula is C25H40NO3PPdS. The standard InChI is InChI=1S/C12H9N.C12H27P.CH4O3S.Pd/c13-12-9-5-4-8-11(12)10-6-2-1-3-7-10;1-10(2,3)13(11(4,5)6)12(7,8)9;1-5(2,3)4;/h1-6,8-9,13H;1-9H3;1H3,(H,2,3,4);/q-2;;;+2. The van der Waals surface area contributed by atoms with Gasteiger partial charge in [-0.1, -0.05) is 94.5 Å². The molecule has 0 fully saturated rings. The molecule has 2 rings (SSSR count). The Morgan fingerprint density at radius 3 is 1.47 bits per heavy atom. The first-order chi connectivity index (χ1) is 13.7. The number of benzene rings is 2. The largest absolute Gasteiger partial charge is 2.00 e. The third kappa shape index (κ3) is 14.4. The van der Waals surface area contributed by atoms with E-state index in [2.05, 4.69) is 68.4 Å². The first kappa shape index (κ1) is 33.4. The Morgan fingerprint density at radius 1 is 0.812 bits per heavy atom. The zero-order chi connectivity index (χ0) is 24.7. The van der Waals surface area contributed by atoms with Gasteiger partial charge in [-0.05, 0) is 15.5 Å². The maximum Gasteiger partial charge on any atom is 2.00 e. The summed E-state index contributed by atoms with van der Waals surface area (Å²) < 4.78 is 25.9.